The van der Waals surface area contributed by atoms with Crippen molar-refractivity contribution in [2.45, 2.75) is 26.7 Å². The minimum absolute atomic E-state index is 0.0211. The highest BCUT2D eigenvalue weighted by Crippen LogP contribution is 2.52. The van der Waals surface area contributed by atoms with Crippen molar-refractivity contribution in [3.8, 4) is 11.5 Å². The third-order valence-corrected chi connectivity index (χ3v) is 5.79. The Morgan fingerprint density at radius 1 is 0.962 bits per heavy atom. The summed E-state index contributed by atoms with van der Waals surface area (Å²) in [6.07, 6.45) is 5.85. The molecule has 1 aromatic rings. The van der Waals surface area contributed by atoms with Crippen molar-refractivity contribution in [3.63, 3.8) is 0 Å². The Bertz CT molecular complexity index is 726. The van der Waals surface area contributed by atoms with Gasteiger partial charge in [0.15, 0.2) is 11.5 Å². The summed E-state index contributed by atoms with van der Waals surface area (Å²) in [5, 5.41) is 0. The summed E-state index contributed by atoms with van der Waals surface area (Å²) in [5.41, 5.74) is 1.04. The van der Waals surface area contributed by atoms with E-state index < -0.39 is 0 Å². The van der Waals surface area contributed by atoms with Gasteiger partial charge in [-0.05, 0) is 56.2 Å². The maximum Gasteiger partial charge on any atom is 0.233 e. The van der Waals surface area contributed by atoms with E-state index >= 15 is 0 Å². The molecule has 1 saturated heterocycles. The Morgan fingerprint density at radius 2 is 1.58 bits per heavy atom. The van der Waals surface area contributed by atoms with Crippen LogP contribution in [0, 0.1) is 23.7 Å². The molecule has 5 heteroatoms. The van der Waals surface area contributed by atoms with Crippen LogP contribution in [-0.4, -0.2) is 36.5 Å². The lowest BCUT2D eigenvalue weighted by Crippen LogP contribution is -2.34. The highest BCUT2D eigenvalue weighted by Gasteiger charge is 2.58. The molecule has 2 aliphatic carbocycles. The second kappa shape index (κ2) is 6.78. The first-order valence-electron chi connectivity index (χ1n) is 9.56. The van der Waals surface area contributed by atoms with Gasteiger partial charge in [-0.15, -0.1) is 0 Å². The van der Waals surface area contributed by atoms with E-state index in [4.69, 9.17) is 9.47 Å². The summed E-state index contributed by atoms with van der Waals surface area (Å²) in [5.74, 6) is 1.78. The third kappa shape index (κ3) is 2.70. The fraction of sp³-hybridized carbons (Fsp3) is 0.524. The van der Waals surface area contributed by atoms with E-state index in [2.05, 4.69) is 12.2 Å². The lowest BCUT2D eigenvalue weighted by Gasteiger charge is -2.18. The number of likely N-dealkylation sites (tertiary alicyclic amines) is 1. The van der Waals surface area contributed by atoms with Crippen LogP contribution in [0.4, 0.5) is 0 Å². The second-order valence-corrected chi connectivity index (χ2v) is 7.23. The van der Waals surface area contributed by atoms with Crippen LogP contribution < -0.4 is 9.47 Å². The van der Waals surface area contributed by atoms with Crippen molar-refractivity contribution in [2.24, 2.45) is 23.7 Å². The molecule has 0 N–H and O–H groups in total. The summed E-state index contributed by atoms with van der Waals surface area (Å²) in [6.45, 7) is 5.45. The lowest BCUT2D eigenvalue weighted by molar-refractivity contribution is -0.140. The fourth-order valence-electron chi connectivity index (χ4n) is 4.68. The quantitative estimate of drug-likeness (QED) is 0.557. The van der Waals surface area contributed by atoms with Gasteiger partial charge in [-0.2, -0.15) is 0 Å². The molecule has 0 spiro atoms. The van der Waals surface area contributed by atoms with Crippen LogP contribution in [0.15, 0.2) is 30.4 Å². The number of benzene rings is 1. The van der Waals surface area contributed by atoms with Gasteiger partial charge >= 0.3 is 0 Å². The number of carbonyl (C=O) groups excluding carboxylic acids is 2. The van der Waals surface area contributed by atoms with Gasteiger partial charge in [0.1, 0.15) is 0 Å². The standard InChI is InChI=1S/C21H25NO4/c1-3-25-16-8-5-13(11-17(16)26-4-2)9-10-22-20(23)18-14-6-7-15(12-14)19(18)21(22)24/h5-8,11,14-15,18-19H,3-4,9-10,12H2,1-2H3/t14-,15-,18-,19-/m0/s1. The number of amides is 2. The highest BCUT2D eigenvalue weighted by atomic mass is 16.5. The molecule has 4 atom stereocenters. The van der Waals surface area contributed by atoms with Gasteiger partial charge in [0.25, 0.3) is 0 Å². The molecule has 1 saturated carbocycles. The van der Waals surface area contributed by atoms with Gasteiger partial charge in [-0.25, -0.2) is 0 Å². The zero-order valence-corrected chi connectivity index (χ0v) is 15.3. The molecular weight excluding hydrogens is 330 g/mol. The van der Waals surface area contributed by atoms with Crippen LogP contribution in [0.2, 0.25) is 0 Å². The normalized spacial score (nSPS) is 28.8. The zero-order valence-electron chi connectivity index (χ0n) is 15.3. The van der Waals surface area contributed by atoms with Crippen LogP contribution in [0.25, 0.3) is 0 Å². The average molecular weight is 355 g/mol. The minimum atomic E-state index is -0.114. The van der Waals surface area contributed by atoms with Crippen molar-refractivity contribution in [3.05, 3.63) is 35.9 Å². The van der Waals surface area contributed by atoms with Gasteiger partial charge in [-0.1, -0.05) is 18.2 Å². The van der Waals surface area contributed by atoms with E-state index in [1.54, 1.807) is 0 Å². The Labute approximate surface area is 154 Å². The molecule has 5 nitrogen and oxygen atoms in total. The average Bonchev–Trinajstić information content (AvgIpc) is 3.30. The van der Waals surface area contributed by atoms with Gasteiger partial charge in [0, 0.05) is 6.54 Å². The summed E-state index contributed by atoms with van der Waals surface area (Å²) < 4.78 is 11.2. The van der Waals surface area contributed by atoms with E-state index in [9.17, 15) is 9.59 Å². The number of allylic oxidation sites excluding steroid dienone is 2. The first-order chi connectivity index (χ1) is 12.6. The molecule has 2 amide bonds. The maximum atomic E-state index is 12.7. The van der Waals surface area contributed by atoms with E-state index in [1.165, 1.54) is 4.90 Å². The SMILES string of the molecule is CCOc1ccc(CCN2C(=O)[C@@H]3[C@@H](C2=O)[C@H]2C=C[C@H]3C2)cc1OCC. The molecule has 2 bridgehead atoms. The molecule has 4 rings (SSSR count). The molecule has 0 aromatic heterocycles. The molecular formula is C21H25NO4. The Kier molecular flexibility index (Phi) is 4.47. The monoisotopic (exact) mass is 355 g/mol. The van der Waals surface area contributed by atoms with Crippen LogP contribution in [0.3, 0.4) is 0 Å². The Morgan fingerprint density at radius 3 is 2.19 bits per heavy atom. The highest BCUT2D eigenvalue weighted by molar-refractivity contribution is 6.06. The number of hydrogen-bond donors (Lipinski definition) is 0. The predicted molar refractivity (Wildman–Crippen MR) is 96.9 cm³/mol. The van der Waals surface area contributed by atoms with Crippen molar-refractivity contribution in [2.75, 3.05) is 19.8 Å². The van der Waals surface area contributed by atoms with Crippen molar-refractivity contribution in [1.29, 1.82) is 0 Å². The molecule has 26 heavy (non-hydrogen) atoms. The van der Waals surface area contributed by atoms with Gasteiger partial charge in [0.2, 0.25) is 11.8 Å². The first kappa shape index (κ1) is 17.1. The van der Waals surface area contributed by atoms with Crippen LogP contribution in [0.5, 0.6) is 11.5 Å². The van der Waals surface area contributed by atoms with Crippen LogP contribution >= 0.6 is 0 Å². The molecule has 1 heterocycles. The summed E-state index contributed by atoms with van der Waals surface area (Å²) >= 11 is 0. The topological polar surface area (TPSA) is 55.8 Å². The number of nitrogens with zero attached hydrogens (tertiary/aromatic N) is 1. The van der Waals surface area contributed by atoms with Gasteiger partial charge in [0.05, 0.1) is 25.0 Å². The van der Waals surface area contributed by atoms with E-state index in [0.717, 1.165) is 17.7 Å². The Balaban J connectivity index is 1.45. The number of fused-ring (bicyclic) bond motifs is 5. The molecule has 1 aromatic carbocycles. The number of rotatable bonds is 7. The first-order valence-corrected chi connectivity index (χ1v) is 9.56. The van der Waals surface area contributed by atoms with Crippen molar-refractivity contribution < 1.29 is 19.1 Å². The predicted octanol–water partition coefficient (Wildman–Crippen LogP) is 2.83. The number of hydrogen-bond acceptors (Lipinski definition) is 4. The molecule has 1 aliphatic heterocycles. The lowest BCUT2D eigenvalue weighted by atomic mass is 9.85. The fourth-order valence-corrected chi connectivity index (χ4v) is 4.68. The van der Waals surface area contributed by atoms with E-state index in [-0.39, 0.29) is 35.5 Å². The molecule has 3 aliphatic rings. The van der Waals surface area contributed by atoms with E-state index in [0.29, 0.717) is 31.9 Å². The van der Waals surface area contributed by atoms with E-state index in [1.807, 2.05) is 32.0 Å². The number of carbonyl (C=O) groups is 2. The summed E-state index contributed by atoms with van der Waals surface area (Å²) in [6, 6.07) is 5.83. The second-order valence-electron chi connectivity index (χ2n) is 7.23. The number of ether oxygens (including phenoxy) is 2. The van der Waals surface area contributed by atoms with Crippen molar-refractivity contribution >= 4 is 11.8 Å². The largest absolute Gasteiger partial charge is 0.490 e. The van der Waals surface area contributed by atoms with Crippen LogP contribution in [-0.2, 0) is 16.0 Å². The van der Waals surface area contributed by atoms with Crippen LogP contribution in [0.1, 0.15) is 25.8 Å². The molecule has 138 valence electrons. The molecule has 2 fully saturated rings. The van der Waals surface area contributed by atoms with Gasteiger partial charge in [-0.3, -0.25) is 14.5 Å². The summed E-state index contributed by atoms with van der Waals surface area (Å²) in [4.78, 5) is 27.0. The molecule has 0 radical (unpaired) electrons. The van der Waals surface area contributed by atoms with Gasteiger partial charge < -0.3 is 9.47 Å². The zero-order chi connectivity index (χ0) is 18.3. The summed E-state index contributed by atoms with van der Waals surface area (Å²) in [7, 11) is 0. The molecule has 0 unspecified atom stereocenters. The van der Waals surface area contributed by atoms with Crippen molar-refractivity contribution in [1.82, 2.24) is 4.90 Å². The maximum absolute atomic E-state index is 12.7. The smallest absolute Gasteiger partial charge is 0.233 e. The Hall–Kier alpha value is -2.30. The third-order valence-electron chi connectivity index (χ3n) is 5.79. The number of imide groups is 1. The minimum Gasteiger partial charge on any atom is -0.490 e.